The Kier molecular flexibility index (Phi) is 2.18. The first-order valence-corrected chi connectivity index (χ1v) is 5.58. The van der Waals surface area contributed by atoms with Crippen LogP contribution in [0.2, 0.25) is 0 Å². The molecule has 1 N–H and O–H groups in total. The summed E-state index contributed by atoms with van der Waals surface area (Å²) in [4.78, 5) is 4.54. The van der Waals surface area contributed by atoms with E-state index < -0.39 is 0 Å². The fraction of sp³-hybridized carbons (Fsp3) is 0.417. The Morgan fingerprint density at radius 2 is 2.40 bits per heavy atom. The molecule has 0 saturated carbocycles. The summed E-state index contributed by atoms with van der Waals surface area (Å²) in [5, 5.41) is 3.43. The van der Waals surface area contributed by atoms with Crippen LogP contribution in [0.1, 0.15) is 24.6 Å². The van der Waals surface area contributed by atoms with Gasteiger partial charge in [-0.1, -0.05) is 6.07 Å². The normalized spacial score (nSPS) is 22.0. The van der Waals surface area contributed by atoms with Crippen LogP contribution in [-0.4, -0.2) is 22.5 Å². The zero-order valence-corrected chi connectivity index (χ0v) is 8.69. The maximum absolute atomic E-state index is 4.54. The van der Waals surface area contributed by atoms with Crippen molar-refractivity contribution in [2.24, 2.45) is 0 Å². The van der Waals surface area contributed by atoms with Crippen molar-refractivity contribution in [2.45, 2.75) is 18.8 Å². The van der Waals surface area contributed by atoms with Crippen LogP contribution in [-0.2, 0) is 0 Å². The monoisotopic (exact) mass is 201 g/mol. The molecule has 0 aromatic carbocycles. The summed E-state index contributed by atoms with van der Waals surface area (Å²) in [5.74, 6) is 1.78. The highest BCUT2D eigenvalue weighted by Crippen LogP contribution is 2.22. The number of imidazole rings is 1. The Morgan fingerprint density at radius 3 is 3.27 bits per heavy atom. The molecular weight excluding hydrogens is 186 g/mol. The van der Waals surface area contributed by atoms with Crippen LogP contribution in [0.4, 0.5) is 0 Å². The molecule has 1 saturated heterocycles. The van der Waals surface area contributed by atoms with Crippen LogP contribution >= 0.6 is 0 Å². The summed E-state index contributed by atoms with van der Waals surface area (Å²) in [6.45, 7) is 2.22. The molecule has 3 nitrogen and oxygen atoms in total. The molecular formula is C12H15N3. The second-order valence-corrected chi connectivity index (χ2v) is 4.16. The number of rotatable bonds is 1. The summed E-state index contributed by atoms with van der Waals surface area (Å²) in [6.07, 6.45) is 6.57. The van der Waals surface area contributed by atoms with E-state index in [1.165, 1.54) is 24.2 Å². The second kappa shape index (κ2) is 3.66. The van der Waals surface area contributed by atoms with E-state index in [9.17, 15) is 0 Å². The molecule has 3 heteroatoms. The van der Waals surface area contributed by atoms with Crippen molar-refractivity contribution >= 4 is 5.52 Å². The summed E-state index contributed by atoms with van der Waals surface area (Å²) in [7, 11) is 0. The van der Waals surface area contributed by atoms with Crippen molar-refractivity contribution in [3.63, 3.8) is 0 Å². The van der Waals surface area contributed by atoms with Gasteiger partial charge in [-0.2, -0.15) is 0 Å². The highest BCUT2D eigenvalue weighted by Gasteiger charge is 2.18. The first-order valence-electron chi connectivity index (χ1n) is 5.58. The zero-order chi connectivity index (χ0) is 10.1. The van der Waals surface area contributed by atoms with Gasteiger partial charge in [0.15, 0.2) is 0 Å². The lowest BCUT2D eigenvalue weighted by Gasteiger charge is -2.21. The molecule has 0 bridgehead atoms. The van der Waals surface area contributed by atoms with Gasteiger partial charge in [-0.05, 0) is 31.5 Å². The number of hydrogen-bond acceptors (Lipinski definition) is 2. The lowest BCUT2D eigenvalue weighted by molar-refractivity contribution is 0.445. The average Bonchev–Trinajstić information content (AvgIpc) is 2.74. The van der Waals surface area contributed by atoms with Gasteiger partial charge in [0.2, 0.25) is 0 Å². The molecule has 0 radical (unpaired) electrons. The van der Waals surface area contributed by atoms with Crippen molar-refractivity contribution < 1.29 is 0 Å². The maximum atomic E-state index is 4.54. The summed E-state index contributed by atoms with van der Waals surface area (Å²) in [6, 6.07) is 6.22. The standard InChI is InChI=1S/C12H15N3/c1-2-7-15-11(5-1)9-14-12(15)10-4-3-6-13-8-10/h1-2,5,7,9-10,13H,3-4,6,8H2/t10-/m1/s1. The molecule has 0 spiro atoms. The van der Waals surface area contributed by atoms with E-state index >= 15 is 0 Å². The number of fused-ring (bicyclic) bond motifs is 1. The maximum Gasteiger partial charge on any atom is 0.117 e. The molecule has 1 atom stereocenters. The van der Waals surface area contributed by atoms with E-state index in [2.05, 4.69) is 39.1 Å². The molecule has 0 amide bonds. The topological polar surface area (TPSA) is 29.3 Å². The van der Waals surface area contributed by atoms with E-state index in [0.717, 1.165) is 13.1 Å². The Morgan fingerprint density at radius 1 is 1.40 bits per heavy atom. The van der Waals surface area contributed by atoms with Crippen molar-refractivity contribution in [3.8, 4) is 0 Å². The first-order chi connectivity index (χ1) is 7.45. The number of nitrogens with one attached hydrogen (secondary N) is 1. The van der Waals surface area contributed by atoms with Gasteiger partial charge in [-0.3, -0.25) is 0 Å². The largest absolute Gasteiger partial charge is 0.316 e. The molecule has 2 aromatic rings. The van der Waals surface area contributed by atoms with Gasteiger partial charge in [0.1, 0.15) is 5.82 Å². The molecule has 3 rings (SSSR count). The predicted octanol–water partition coefficient (Wildman–Crippen LogP) is 1.80. The van der Waals surface area contributed by atoms with E-state index in [1.807, 2.05) is 6.20 Å². The van der Waals surface area contributed by atoms with Crippen LogP contribution < -0.4 is 5.32 Å². The Hall–Kier alpha value is -1.35. The molecule has 1 aliphatic rings. The Balaban J connectivity index is 2.02. The third-order valence-corrected chi connectivity index (χ3v) is 3.13. The van der Waals surface area contributed by atoms with Crippen LogP contribution in [0.15, 0.2) is 30.6 Å². The third kappa shape index (κ3) is 1.53. The Bertz CT molecular complexity index is 455. The van der Waals surface area contributed by atoms with Gasteiger partial charge in [0.05, 0.1) is 11.7 Å². The fourth-order valence-electron chi connectivity index (χ4n) is 2.34. The Labute approximate surface area is 89.1 Å². The highest BCUT2D eigenvalue weighted by atomic mass is 15.0. The van der Waals surface area contributed by atoms with Crippen molar-refractivity contribution in [2.75, 3.05) is 13.1 Å². The summed E-state index contributed by atoms with van der Waals surface area (Å²) >= 11 is 0. The third-order valence-electron chi connectivity index (χ3n) is 3.13. The van der Waals surface area contributed by atoms with Crippen LogP contribution in [0, 0.1) is 0 Å². The minimum absolute atomic E-state index is 0.573. The minimum Gasteiger partial charge on any atom is -0.316 e. The molecule has 0 aliphatic carbocycles. The molecule has 1 aliphatic heterocycles. The highest BCUT2D eigenvalue weighted by molar-refractivity contribution is 5.45. The summed E-state index contributed by atoms with van der Waals surface area (Å²) < 4.78 is 2.21. The van der Waals surface area contributed by atoms with Gasteiger partial charge in [0, 0.05) is 18.7 Å². The second-order valence-electron chi connectivity index (χ2n) is 4.16. The lowest BCUT2D eigenvalue weighted by Crippen LogP contribution is -2.29. The molecule has 3 heterocycles. The van der Waals surface area contributed by atoms with Gasteiger partial charge >= 0.3 is 0 Å². The van der Waals surface area contributed by atoms with E-state index in [1.54, 1.807) is 0 Å². The lowest BCUT2D eigenvalue weighted by atomic mass is 9.99. The number of hydrogen-bond donors (Lipinski definition) is 1. The van der Waals surface area contributed by atoms with Gasteiger partial charge in [-0.15, -0.1) is 0 Å². The molecule has 1 fully saturated rings. The first kappa shape index (κ1) is 8.92. The summed E-state index contributed by atoms with van der Waals surface area (Å²) in [5.41, 5.74) is 1.19. The molecule has 0 unspecified atom stereocenters. The van der Waals surface area contributed by atoms with Crippen LogP contribution in [0.3, 0.4) is 0 Å². The van der Waals surface area contributed by atoms with E-state index in [0.29, 0.717) is 5.92 Å². The van der Waals surface area contributed by atoms with Crippen LogP contribution in [0.25, 0.3) is 5.52 Å². The van der Waals surface area contributed by atoms with Crippen molar-refractivity contribution in [1.29, 1.82) is 0 Å². The average molecular weight is 201 g/mol. The van der Waals surface area contributed by atoms with E-state index in [-0.39, 0.29) is 0 Å². The number of piperidine rings is 1. The van der Waals surface area contributed by atoms with Crippen molar-refractivity contribution in [1.82, 2.24) is 14.7 Å². The number of pyridine rings is 1. The minimum atomic E-state index is 0.573. The predicted molar refractivity (Wildman–Crippen MR) is 60.0 cm³/mol. The van der Waals surface area contributed by atoms with Crippen LogP contribution in [0.5, 0.6) is 0 Å². The SMILES string of the molecule is c1ccn2c([C@@H]3CCCNC3)ncc2c1. The van der Waals surface area contributed by atoms with Gasteiger partial charge < -0.3 is 9.72 Å². The molecule has 78 valence electrons. The smallest absolute Gasteiger partial charge is 0.117 e. The van der Waals surface area contributed by atoms with Gasteiger partial charge in [-0.25, -0.2) is 4.98 Å². The number of nitrogens with zero attached hydrogens (tertiary/aromatic N) is 2. The number of aromatic nitrogens is 2. The quantitative estimate of drug-likeness (QED) is 0.762. The zero-order valence-electron chi connectivity index (χ0n) is 8.69. The van der Waals surface area contributed by atoms with Gasteiger partial charge in [0.25, 0.3) is 0 Å². The fourth-order valence-corrected chi connectivity index (χ4v) is 2.34. The molecule has 15 heavy (non-hydrogen) atoms. The molecule has 2 aromatic heterocycles. The van der Waals surface area contributed by atoms with E-state index in [4.69, 9.17) is 0 Å². The van der Waals surface area contributed by atoms with Crippen molar-refractivity contribution in [3.05, 3.63) is 36.4 Å².